The monoisotopic (exact) mass is 281 g/mol. The summed E-state index contributed by atoms with van der Waals surface area (Å²) in [5.41, 5.74) is 1.38. The van der Waals surface area contributed by atoms with Gasteiger partial charge in [0.1, 0.15) is 17.4 Å². The van der Waals surface area contributed by atoms with Crippen molar-refractivity contribution in [3.8, 4) is 0 Å². The van der Waals surface area contributed by atoms with E-state index in [0.717, 1.165) is 5.52 Å². The molecule has 0 aliphatic rings. The number of carbonyl (C=O) groups excluding carboxylic acids is 1. The largest absolute Gasteiger partial charge is 0.467 e. The normalized spacial score (nSPS) is 12.9. The standard InChI is InChI=1S/C13H16ClN3O2/c1-8(2)11(13(18)19-3)17-10(7-14)16-9-5-4-6-15-12(9)17/h4-6,8,11H,7H2,1-3H3. The van der Waals surface area contributed by atoms with Crippen molar-refractivity contribution >= 4 is 28.7 Å². The van der Waals surface area contributed by atoms with Crippen molar-refractivity contribution in [2.45, 2.75) is 25.8 Å². The Morgan fingerprint density at radius 2 is 2.26 bits per heavy atom. The van der Waals surface area contributed by atoms with Gasteiger partial charge in [-0.3, -0.25) is 4.57 Å². The van der Waals surface area contributed by atoms with E-state index in [1.54, 1.807) is 16.8 Å². The van der Waals surface area contributed by atoms with Crippen LogP contribution in [0, 0.1) is 5.92 Å². The summed E-state index contributed by atoms with van der Waals surface area (Å²) >= 11 is 5.94. The van der Waals surface area contributed by atoms with Crippen molar-refractivity contribution in [3.63, 3.8) is 0 Å². The van der Waals surface area contributed by atoms with E-state index in [2.05, 4.69) is 9.97 Å². The lowest BCUT2D eigenvalue weighted by Gasteiger charge is -2.21. The lowest BCUT2D eigenvalue weighted by Crippen LogP contribution is -2.27. The number of halogens is 1. The Balaban J connectivity index is 2.67. The topological polar surface area (TPSA) is 57.0 Å². The van der Waals surface area contributed by atoms with Crippen LogP contribution in [0.5, 0.6) is 0 Å². The van der Waals surface area contributed by atoms with E-state index in [9.17, 15) is 4.79 Å². The maximum atomic E-state index is 12.0. The number of rotatable bonds is 4. The van der Waals surface area contributed by atoms with Crippen molar-refractivity contribution in [1.29, 1.82) is 0 Å². The number of fused-ring (bicyclic) bond motifs is 1. The molecule has 0 amide bonds. The first kappa shape index (κ1) is 13.8. The van der Waals surface area contributed by atoms with Gasteiger partial charge in [0.15, 0.2) is 5.65 Å². The van der Waals surface area contributed by atoms with E-state index in [0.29, 0.717) is 11.5 Å². The third-order valence-corrected chi connectivity index (χ3v) is 3.23. The van der Waals surface area contributed by atoms with E-state index in [1.165, 1.54) is 7.11 Å². The lowest BCUT2D eigenvalue weighted by atomic mass is 10.0. The molecule has 0 saturated heterocycles. The Hall–Kier alpha value is -1.62. The highest BCUT2D eigenvalue weighted by Gasteiger charge is 2.29. The molecule has 0 spiro atoms. The zero-order valence-corrected chi connectivity index (χ0v) is 11.9. The first-order valence-electron chi connectivity index (χ1n) is 6.05. The second-order valence-corrected chi connectivity index (χ2v) is 4.86. The lowest BCUT2D eigenvalue weighted by molar-refractivity contribution is -0.146. The molecule has 0 N–H and O–H groups in total. The summed E-state index contributed by atoms with van der Waals surface area (Å²) in [5.74, 6) is 0.580. The number of imidazole rings is 1. The van der Waals surface area contributed by atoms with Gasteiger partial charge in [-0.25, -0.2) is 14.8 Å². The van der Waals surface area contributed by atoms with Crippen molar-refractivity contribution in [3.05, 3.63) is 24.2 Å². The summed E-state index contributed by atoms with van der Waals surface area (Å²) in [5, 5.41) is 0. The molecule has 0 radical (unpaired) electrons. The quantitative estimate of drug-likeness (QED) is 0.638. The molecule has 0 aliphatic carbocycles. The van der Waals surface area contributed by atoms with E-state index in [4.69, 9.17) is 16.3 Å². The second-order valence-electron chi connectivity index (χ2n) is 4.59. The Morgan fingerprint density at radius 1 is 1.53 bits per heavy atom. The van der Waals surface area contributed by atoms with Gasteiger partial charge in [0.05, 0.1) is 13.0 Å². The van der Waals surface area contributed by atoms with E-state index >= 15 is 0 Å². The maximum absolute atomic E-state index is 12.0. The first-order valence-corrected chi connectivity index (χ1v) is 6.59. The molecule has 0 aromatic carbocycles. The van der Waals surface area contributed by atoms with Gasteiger partial charge >= 0.3 is 5.97 Å². The molecule has 6 heteroatoms. The number of aromatic nitrogens is 3. The third-order valence-electron chi connectivity index (χ3n) is 2.99. The molecule has 2 aromatic rings. The number of alkyl halides is 1. The van der Waals surface area contributed by atoms with Gasteiger partial charge in [-0.15, -0.1) is 11.6 Å². The summed E-state index contributed by atoms with van der Waals surface area (Å²) < 4.78 is 6.66. The molecule has 2 rings (SSSR count). The second kappa shape index (κ2) is 5.57. The number of carbonyl (C=O) groups is 1. The molecule has 1 atom stereocenters. The molecule has 0 saturated carbocycles. The SMILES string of the molecule is COC(=O)C(C(C)C)n1c(CCl)nc2cccnc21. The minimum Gasteiger partial charge on any atom is -0.467 e. The predicted molar refractivity (Wildman–Crippen MR) is 73.0 cm³/mol. The average molecular weight is 282 g/mol. The summed E-state index contributed by atoms with van der Waals surface area (Å²) in [7, 11) is 1.38. The Labute approximate surface area is 116 Å². The van der Waals surface area contributed by atoms with Crippen LogP contribution in [0.4, 0.5) is 0 Å². The zero-order chi connectivity index (χ0) is 14.0. The number of esters is 1. The highest BCUT2D eigenvalue weighted by Crippen LogP contribution is 2.26. The number of hydrogen-bond acceptors (Lipinski definition) is 4. The fraction of sp³-hybridized carbons (Fsp3) is 0.462. The van der Waals surface area contributed by atoms with Crippen LogP contribution < -0.4 is 0 Å². The van der Waals surface area contributed by atoms with Crippen LogP contribution in [0.2, 0.25) is 0 Å². The Morgan fingerprint density at radius 3 is 2.84 bits per heavy atom. The van der Waals surface area contributed by atoms with E-state index in [1.807, 2.05) is 19.9 Å². The van der Waals surface area contributed by atoms with Gasteiger partial charge in [0.25, 0.3) is 0 Å². The molecular formula is C13H16ClN3O2. The minimum atomic E-state index is -0.473. The van der Waals surface area contributed by atoms with Crippen molar-refractivity contribution in [1.82, 2.24) is 14.5 Å². The molecule has 0 aliphatic heterocycles. The van der Waals surface area contributed by atoms with Gasteiger partial charge in [0, 0.05) is 6.20 Å². The zero-order valence-electron chi connectivity index (χ0n) is 11.1. The fourth-order valence-corrected chi connectivity index (χ4v) is 2.35. The van der Waals surface area contributed by atoms with Crippen LogP contribution in [0.25, 0.3) is 11.2 Å². The highest BCUT2D eigenvalue weighted by atomic mass is 35.5. The molecule has 2 heterocycles. The number of methoxy groups -OCH3 is 1. The van der Waals surface area contributed by atoms with Crippen LogP contribution >= 0.6 is 11.6 Å². The first-order chi connectivity index (χ1) is 9.10. The molecule has 1 unspecified atom stereocenters. The van der Waals surface area contributed by atoms with Crippen molar-refractivity contribution in [2.75, 3.05) is 7.11 Å². The number of nitrogens with zero attached hydrogens (tertiary/aromatic N) is 3. The van der Waals surface area contributed by atoms with Crippen LogP contribution in [0.3, 0.4) is 0 Å². The fourth-order valence-electron chi connectivity index (χ4n) is 2.16. The molecule has 102 valence electrons. The Bertz CT molecular complexity index is 595. The predicted octanol–water partition coefficient (Wildman–Crippen LogP) is 2.54. The van der Waals surface area contributed by atoms with Crippen LogP contribution in [-0.4, -0.2) is 27.6 Å². The molecule has 19 heavy (non-hydrogen) atoms. The summed E-state index contributed by atoms with van der Waals surface area (Å²) in [6.45, 7) is 3.91. The van der Waals surface area contributed by atoms with Gasteiger partial charge < -0.3 is 4.74 Å². The van der Waals surface area contributed by atoms with Crippen molar-refractivity contribution < 1.29 is 9.53 Å². The smallest absolute Gasteiger partial charge is 0.329 e. The van der Waals surface area contributed by atoms with E-state index < -0.39 is 6.04 Å². The molecule has 0 bridgehead atoms. The molecule has 2 aromatic heterocycles. The summed E-state index contributed by atoms with van der Waals surface area (Å²) in [6, 6.07) is 3.18. The minimum absolute atomic E-state index is 0.0498. The number of pyridine rings is 1. The summed E-state index contributed by atoms with van der Waals surface area (Å²) in [4.78, 5) is 20.7. The molecular weight excluding hydrogens is 266 g/mol. The van der Waals surface area contributed by atoms with Gasteiger partial charge in [0.2, 0.25) is 0 Å². The number of hydrogen-bond donors (Lipinski definition) is 0. The Kier molecular flexibility index (Phi) is 4.04. The van der Waals surface area contributed by atoms with Gasteiger partial charge in [-0.2, -0.15) is 0 Å². The molecule has 5 nitrogen and oxygen atoms in total. The van der Waals surface area contributed by atoms with Gasteiger partial charge in [-0.1, -0.05) is 13.8 Å². The summed E-state index contributed by atoms with van der Waals surface area (Å²) in [6.07, 6.45) is 1.67. The highest BCUT2D eigenvalue weighted by molar-refractivity contribution is 6.16. The molecule has 0 fully saturated rings. The third kappa shape index (κ3) is 2.42. The van der Waals surface area contributed by atoms with E-state index in [-0.39, 0.29) is 17.8 Å². The average Bonchev–Trinajstić information content (AvgIpc) is 2.77. The van der Waals surface area contributed by atoms with Crippen LogP contribution in [0.15, 0.2) is 18.3 Å². The van der Waals surface area contributed by atoms with Crippen LogP contribution in [0.1, 0.15) is 25.7 Å². The number of ether oxygens (including phenoxy) is 1. The maximum Gasteiger partial charge on any atom is 0.329 e. The van der Waals surface area contributed by atoms with Gasteiger partial charge in [-0.05, 0) is 18.1 Å². The van der Waals surface area contributed by atoms with Crippen LogP contribution in [-0.2, 0) is 15.4 Å². The van der Waals surface area contributed by atoms with Crippen molar-refractivity contribution in [2.24, 2.45) is 5.92 Å².